The summed E-state index contributed by atoms with van der Waals surface area (Å²) in [5, 5.41) is 0.935. The predicted molar refractivity (Wildman–Crippen MR) is 107 cm³/mol. The number of aromatic amines is 1. The fraction of sp³-hybridized carbons (Fsp3) is 0. The van der Waals surface area contributed by atoms with Crippen LogP contribution >= 0.6 is 0 Å². The highest BCUT2D eigenvalue weighted by molar-refractivity contribution is 5.93. The molecule has 132 valence electrons. The van der Waals surface area contributed by atoms with E-state index in [9.17, 15) is 4.79 Å². The standard InChI is InChI=1S/C22H13N5O/c28-22-25-19(14-8-2-1-3-9-14)24-21-26-18-13-7-5-11-16(18)23-20(26)15-10-4-6-12-17(15)27(21)22/h1-13H/p+1. The van der Waals surface area contributed by atoms with Gasteiger partial charge in [-0.2, -0.15) is 8.80 Å². The van der Waals surface area contributed by atoms with E-state index < -0.39 is 0 Å². The zero-order valence-corrected chi connectivity index (χ0v) is 14.7. The molecule has 6 rings (SSSR count). The van der Waals surface area contributed by atoms with Gasteiger partial charge in [0.15, 0.2) is 0 Å². The first-order valence-electron chi connectivity index (χ1n) is 9.01. The molecule has 0 saturated heterocycles. The molecule has 3 aromatic heterocycles. The first kappa shape index (κ1) is 15.0. The number of nitrogens with one attached hydrogen (secondary N) is 1. The molecule has 0 aliphatic heterocycles. The third-order valence-electron chi connectivity index (χ3n) is 5.05. The first-order chi connectivity index (χ1) is 13.8. The smallest absolute Gasteiger partial charge is 0.286 e. The summed E-state index contributed by atoms with van der Waals surface area (Å²) in [4.78, 5) is 25.6. The molecule has 0 spiro atoms. The molecule has 6 heteroatoms. The Bertz CT molecular complexity index is 1580. The van der Waals surface area contributed by atoms with Crippen molar-refractivity contribution in [1.82, 2.24) is 19.4 Å². The third-order valence-corrected chi connectivity index (χ3v) is 5.05. The molecule has 0 aliphatic rings. The second kappa shape index (κ2) is 5.47. The van der Waals surface area contributed by atoms with Crippen LogP contribution in [0, 0.1) is 0 Å². The molecular weight excluding hydrogens is 350 g/mol. The van der Waals surface area contributed by atoms with E-state index in [1.54, 1.807) is 4.40 Å². The van der Waals surface area contributed by atoms with Crippen LogP contribution in [0.15, 0.2) is 83.7 Å². The first-order valence-corrected chi connectivity index (χ1v) is 9.01. The van der Waals surface area contributed by atoms with Crippen molar-refractivity contribution in [3.05, 3.63) is 89.3 Å². The number of hydrogen-bond acceptors (Lipinski definition) is 3. The zero-order chi connectivity index (χ0) is 18.7. The van der Waals surface area contributed by atoms with Crippen LogP contribution in [-0.4, -0.2) is 19.4 Å². The van der Waals surface area contributed by atoms with E-state index in [0.29, 0.717) is 11.6 Å². The van der Waals surface area contributed by atoms with E-state index in [1.165, 1.54) is 0 Å². The van der Waals surface area contributed by atoms with Crippen molar-refractivity contribution in [2.75, 3.05) is 0 Å². The lowest BCUT2D eigenvalue weighted by molar-refractivity contribution is -0.455. The van der Waals surface area contributed by atoms with Crippen LogP contribution in [0.25, 0.3) is 44.7 Å². The molecule has 6 nitrogen and oxygen atoms in total. The number of H-pyrrole nitrogens is 1. The fourth-order valence-corrected chi connectivity index (χ4v) is 3.82. The maximum Gasteiger partial charge on any atom is 0.401 e. The largest absolute Gasteiger partial charge is 0.401 e. The minimum Gasteiger partial charge on any atom is -0.286 e. The Morgan fingerprint density at radius 2 is 1.57 bits per heavy atom. The maximum atomic E-state index is 13.1. The Kier molecular flexibility index (Phi) is 2.94. The monoisotopic (exact) mass is 364 g/mol. The molecule has 3 heterocycles. The predicted octanol–water partition coefficient (Wildman–Crippen LogP) is 3.13. The highest BCUT2D eigenvalue weighted by atomic mass is 16.1. The molecule has 0 radical (unpaired) electrons. The van der Waals surface area contributed by atoms with E-state index in [2.05, 4.69) is 9.97 Å². The van der Waals surface area contributed by atoms with Crippen molar-refractivity contribution in [3.8, 4) is 11.4 Å². The number of nitrogens with zero attached hydrogens (tertiary/aromatic N) is 4. The normalized spacial score (nSPS) is 11.7. The van der Waals surface area contributed by atoms with Gasteiger partial charge in [0.2, 0.25) is 11.5 Å². The van der Waals surface area contributed by atoms with Gasteiger partial charge in [0, 0.05) is 5.56 Å². The number of fused-ring (bicyclic) bond motifs is 8. The summed E-state index contributed by atoms with van der Waals surface area (Å²) in [5.41, 5.74) is 4.07. The van der Waals surface area contributed by atoms with Crippen molar-refractivity contribution in [1.29, 1.82) is 0 Å². The van der Waals surface area contributed by atoms with Crippen molar-refractivity contribution in [2.24, 2.45) is 0 Å². The molecule has 0 atom stereocenters. The summed E-state index contributed by atoms with van der Waals surface area (Å²) in [6.07, 6.45) is 0. The minimum atomic E-state index is -0.347. The fourth-order valence-electron chi connectivity index (χ4n) is 3.82. The number of para-hydroxylation sites is 3. The van der Waals surface area contributed by atoms with Crippen LogP contribution in [0.4, 0.5) is 0 Å². The van der Waals surface area contributed by atoms with Crippen LogP contribution in [0.5, 0.6) is 0 Å². The summed E-state index contributed by atoms with van der Waals surface area (Å²) in [5.74, 6) is 0.949. The van der Waals surface area contributed by atoms with Crippen molar-refractivity contribution in [3.63, 3.8) is 0 Å². The minimum absolute atomic E-state index is 0.347. The Morgan fingerprint density at radius 1 is 0.821 bits per heavy atom. The van der Waals surface area contributed by atoms with Crippen molar-refractivity contribution < 1.29 is 4.40 Å². The zero-order valence-electron chi connectivity index (χ0n) is 14.7. The van der Waals surface area contributed by atoms with Gasteiger partial charge in [0.1, 0.15) is 16.6 Å². The van der Waals surface area contributed by atoms with Gasteiger partial charge in [-0.3, -0.25) is 4.98 Å². The summed E-state index contributed by atoms with van der Waals surface area (Å²) >= 11 is 0. The van der Waals surface area contributed by atoms with Gasteiger partial charge in [0.25, 0.3) is 0 Å². The Morgan fingerprint density at radius 3 is 2.46 bits per heavy atom. The lowest BCUT2D eigenvalue weighted by Crippen LogP contribution is -2.32. The van der Waals surface area contributed by atoms with Gasteiger partial charge in [-0.25, -0.2) is 4.79 Å². The molecule has 1 N–H and O–H groups in total. The number of rotatable bonds is 1. The molecular formula is C22H14N5O+. The summed E-state index contributed by atoms with van der Waals surface area (Å²) in [6, 6.07) is 25.4. The lowest BCUT2D eigenvalue weighted by Gasteiger charge is -2.04. The van der Waals surface area contributed by atoms with Gasteiger partial charge in [-0.1, -0.05) is 59.6 Å². The van der Waals surface area contributed by atoms with Crippen LogP contribution < -0.4 is 10.1 Å². The van der Waals surface area contributed by atoms with Gasteiger partial charge in [-0.05, 0) is 24.3 Å². The van der Waals surface area contributed by atoms with E-state index in [-0.39, 0.29) is 5.69 Å². The molecule has 0 aliphatic carbocycles. The van der Waals surface area contributed by atoms with E-state index in [4.69, 9.17) is 4.98 Å². The number of imidazole rings is 1. The third kappa shape index (κ3) is 1.97. The molecule has 0 bridgehead atoms. The number of benzene rings is 3. The number of aromatic nitrogens is 5. The molecule has 0 unspecified atom stereocenters. The molecule has 3 aromatic carbocycles. The van der Waals surface area contributed by atoms with Gasteiger partial charge < -0.3 is 0 Å². The van der Waals surface area contributed by atoms with Gasteiger partial charge in [-0.15, -0.1) is 4.98 Å². The summed E-state index contributed by atoms with van der Waals surface area (Å²) in [7, 11) is 0. The second-order valence-corrected chi connectivity index (χ2v) is 6.67. The molecule has 28 heavy (non-hydrogen) atoms. The van der Waals surface area contributed by atoms with Crippen molar-refractivity contribution in [2.45, 2.75) is 0 Å². The molecule has 6 aromatic rings. The Balaban J connectivity index is 1.92. The summed E-state index contributed by atoms with van der Waals surface area (Å²) in [6.45, 7) is 0. The van der Waals surface area contributed by atoms with Gasteiger partial charge in [0.05, 0.1) is 5.39 Å². The van der Waals surface area contributed by atoms with E-state index in [0.717, 1.165) is 33.1 Å². The van der Waals surface area contributed by atoms with Crippen LogP contribution in [-0.2, 0) is 0 Å². The van der Waals surface area contributed by atoms with Crippen molar-refractivity contribution >= 4 is 33.4 Å². The Hall–Kier alpha value is -4.06. The Labute approximate surface area is 158 Å². The maximum absolute atomic E-state index is 13.1. The van der Waals surface area contributed by atoms with E-state index in [1.807, 2.05) is 83.3 Å². The number of hydrogen-bond donors (Lipinski definition) is 1. The lowest BCUT2D eigenvalue weighted by atomic mass is 10.2. The quantitative estimate of drug-likeness (QED) is 0.360. The molecule has 0 amide bonds. The molecule has 0 saturated carbocycles. The second-order valence-electron chi connectivity index (χ2n) is 6.67. The highest BCUT2D eigenvalue weighted by Crippen LogP contribution is 2.21. The topological polar surface area (TPSA) is 67.2 Å². The summed E-state index contributed by atoms with van der Waals surface area (Å²) < 4.78 is 3.57. The average Bonchev–Trinajstić information content (AvgIpc) is 3.14. The van der Waals surface area contributed by atoms with E-state index >= 15 is 0 Å². The van der Waals surface area contributed by atoms with Crippen LogP contribution in [0.3, 0.4) is 0 Å². The SMILES string of the molecule is O=c1nc(-c2ccccc2)nc2n1c1ccccc1c1[nH]c3ccccc3[n+]12. The molecule has 0 fully saturated rings. The highest BCUT2D eigenvalue weighted by Gasteiger charge is 2.22. The van der Waals surface area contributed by atoms with Crippen LogP contribution in [0.1, 0.15) is 0 Å². The van der Waals surface area contributed by atoms with Gasteiger partial charge >= 0.3 is 11.5 Å². The average molecular weight is 364 g/mol. The van der Waals surface area contributed by atoms with Crippen LogP contribution in [0.2, 0.25) is 0 Å².